The third-order valence-corrected chi connectivity index (χ3v) is 3.38. The minimum atomic E-state index is -0.466. The summed E-state index contributed by atoms with van der Waals surface area (Å²) >= 11 is 0. The molecule has 0 radical (unpaired) electrons. The third kappa shape index (κ3) is 3.76. The number of benzene rings is 3. The van der Waals surface area contributed by atoms with E-state index in [1.54, 1.807) is 42.5 Å². The minimum absolute atomic E-state index is 0.239. The lowest BCUT2D eigenvalue weighted by Crippen LogP contribution is -2.11. The molecule has 0 heterocycles. The van der Waals surface area contributed by atoms with Crippen molar-refractivity contribution >= 4 is 23.0 Å². The molecule has 5 heteroatoms. The van der Waals surface area contributed by atoms with Crippen LogP contribution < -0.4 is 10.6 Å². The zero-order valence-electron chi connectivity index (χ0n) is 12.6. The van der Waals surface area contributed by atoms with Gasteiger partial charge in [0.05, 0.1) is 5.69 Å². The van der Waals surface area contributed by atoms with Crippen LogP contribution in [0.1, 0.15) is 10.4 Å². The van der Waals surface area contributed by atoms with E-state index in [1.165, 1.54) is 30.3 Å². The summed E-state index contributed by atoms with van der Waals surface area (Å²) in [6, 6.07) is 18.6. The fourth-order valence-electron chi connectivity index (χ4n) is 2.19. The first-order chi connectivity index (χ1) is 11.6. The van der Waals surface area contributed by atoms with Crippen LogP contribution in [0.3, 0.4) is 0 Å². The van der Waals surface area contributed by atoms with E-state index in [2.05, 4.69) is 10.6 Å². The quantitative estimate of drug-likeness (QED) is 0.712. The van der Waals surface area contributed by atoms with E-state index in [1.807, 2.05) is 0 Å². The van der Waals surface area contributed by atoms with E-state index in [-0.39, 0.29) is 11.4 Å². The maximum Gasteiger partial charge on any atom is 0.255 e. The minimum Gasteiger partial charge on any atom is -0.353 e. The summed E-state index contributed by atoms with van der Waals surface area (Å²) in [6.45, 7) is 0. The van der Waals surface area contributed by atoms with Gasteiger partial charge in [-0.05, 0) is 54.6 Å². The van der Waals surface area contributed by atoms with Crippen LogP contribution in [0.2, 0.25) is 0 Å². The zero-order valence-corrected chi connectivity index (χ0v) is 12.6. The summed E-state index contributed by atoms with van der Waals surface area (Å²) in [5.41, 5.74) is 1.85. The normalized spacial score (nSPS) is 10.2. The average Bonchev–Trinajstić information content (AvgIpc) is 2.58. The second-order valence-electron chi connectivity index (χ2n) is 5.15. The molecule has 1 amide bonds. The van der Waals surface area contributed by atoms with Crippen molar-refractivity contribution in [3.05, 3.63) is 90.0 Å². The van der Waals surface area contributed by atoms with Crippen LogP contribution in [-0.2, 0) is 0 Å². The van der Waals surface area contributed by atoms with E-state index in [0.29, 0.717) is 17.1 Å². The summed E-state index contributed by atoms with van der Waals surface area (Å²) in [5.74, 6) is -1.21. The van der Waals surface area contributed by atoms with Crippen LogP contribution >= 0.6 is 0 Å². The highest BCUT2D eigenvalue weighted by Gasteiger charge is 2.07. The van der Waals surface area contributed by atoms with Crippen molar-refractivity contribution < 1.29 is 13.6 Å². The van der Waals surface area contributed by atoms with Crippen molar-refractivity contribution in [1.29, 1.82) is 0 Å². The number of halogens is 2. The fourth-order valence-corrected chi connectivity index (χ4v) is 2.19. The summed E-state index contributed by atoms with van der Waals surface area (Å²) in [6.07, 6.45) is 0. The molecule has 3 aromatic carbocycles. The molecular formula is C19H14F2N2O. The molecule has 3 aromatic rings. The number of rotatable bonds is 4. The number of nitrogens with one attached hydrogen (secondary N) is 2. The monoisotopic (exact) mass is 324 g/mol. The SMILES string of the molecule is O=C(Nc1ccc(Nc2ccccc2F)cc1)c1cccc(F)c1. The number of anilines is 3. The topological polar surface area (TPSA) is 41.1 Å². The van der Waals surface area contributed by atoms with Gasteiger partial charge in [0, 0.05) is 16.9 Å². The smallest absolute Gasteiger partial charge is 0.255 e. The molecule has 0 bridgehead atoms. The maximum absolute atomic E-state index is 13.6. The van der Waals surface area contributed by atoms with E-state index in [9.17, 15) is 13.6 Å². The number of para-hydroxylation sites is 1. The fraction of sp³-hybridized carbons (Fsp3) is 0. The molecule has 0 aliphatic rings. The second-order valence-corrected chi connectivity index (χ2v) is 5.15. The predicted octanol–water partition coefficient (Wildman–Crippen LogP) is 4.96. The molecule has 2 N–H and O–H groups in total. The summed E-state index contributed by atoms with van der Waals surface area (Å²) in [5, 5.41) is 5.64. The van der Waals surface area contributed by atoms with E-state index in [0.717, 1.165) is 0 Å². The Labute approximate surface area is 138 Å². The molecule has 0 saturated carbocycles. The van der Waals surface area contributed by atoms with E-state index < -0.39 is 11.7 Å². The van der Waals surface area contributed by atoms with Gasteiger partial charge in [-0.15, -0.1) is 0 Å². The standard InChI is InChI=1S/C19H14F2N2O/c20-14-5-3-4-13(12-14)19(24)23-16-10-8-15(9-11-16)22-18-7-2-1-6-17(18)21/h1-12,22H,(H,23,24). The molecule has 3 rings (SSSR count). The number of amides is 1. The first-order valence-electron chi connectivity index (χ1n) is 7.30. The first kappa shape index (κ1) is 15.7. The van der Waals surface area contributed by atoms with E-state index in [4.69, 9.17) is 0 Å². The highest BCUT2D eigenvalue weighted by atomic mass is 19.1. The molecule has 0 atom stereocenters. The largest absolute Gasteiger partial charge is 0.353 e. The van der Waals surface area contributed by atoms with Crippen molar-refractivity contribution in [2.75, 3.05) is 10.6 Å². The first-order valence-corrected chi connectivity index (χ1v) is 7.30. The number of hydrogen-bond donors (Lipinski definition) is 2. The van der Waals surface area contributed by atoms with Crippen molar-refractivity contribution in [3.63, 3.8) is 0 Å². The summed E-state index contributed by atoms with van der Waals surface area (Å²) in [7, 11) is 0. The van der Waals surface area contributed by atoms with Crippen molar-refractivity contribution in [3.8, 4) is 0 Å². The molecule has 0 fully saturated rings. The van der Waals surface area contributed by atoms with Crippen LogP contribution in [0, 0.1) is 11.6 Å². The Morgan fingerprint density at radius 3 is 2.21 bits per heavy atom. The van der Waals surface area contributed by atoms with Crippen LogP contribution in [-0.4, -0.2) is 5.91 Å². The van der Waals surface area contributed by atoms with Crippen LogP contribution in [0.5, 0.6) is 0 Å². The van der Waals surface area contributed by atoms with Gasteiger partial charge in [-0.1, -0.05) is 18.2 Å². The lowest BCUT2D eigenvalue weighted by Gasteiger charge is -2.09. The highest BCUT2D eigenvalue weighted by molar-refractivity contribution is 6.04. The van der Waals surface area contributed by atoms with Crippen molar-refractivity contribution in [2.24, 2.45) is 0 Å². The Balaban J connectivity index is 1.68. The Morgan fingerprint density at radius 1 is 0.792 bits per heavy atom. The molecule has 0 aromatic heterocycles. The molecule has 120 valence electrons. The van der Waals surface area contributed by atoms with Gasteiger partial charge in [0.2, 0.25) is 0 Å². The third-order valence-electron chi connectivity index (χ3n) is 3.38. The number of carbonyl (C=O) groups excluding carboxylic acids is 1. The van der Waals surface area contributed by atoms with Crippen molar-refractivity contribution in [2.45, 2.75) is 0 Å². The Morgan fingerprint density at radius 2 is 1.50 bits per heavy atom. The number of carbonyl (C=O) groups is 1. The molecule has 3 nitrogen and oxygen atoms in total. The van der Waals surface area contributed by atoms with Gasteiger partial charge in [0.1, 0.15) is 11.6 Å². The zero-order chi connectivity index (χ0) is 16.9. The van der Waals surface area contributed by atoms with Gasteiger partial charge in [0.25, 0.3) is 5.91 Å². The Bertz CT molecular complexity index is 863. The highest BCUT2D eigenvalue weighted by Crippen LogP contribution is 2.21. The number of hydrogen-bond acceptors (Lipinski definition) is 2. The predicted molar refractivity (Wildman–Crippen MR) is 90.5 cm³/mol. The molecule has 0 spiro atoms. The lowest BCUT2D eigenvalue weighted by atomic mass is 10.2. The average molecular weight is 324 g/mol. The molecule has 0 aliphatic carbocycles. The Kier molecular flexibility index (Phi) is 4.52. The van der Waals surface area contributed by atoms with Gasteiger partial charge < -0.3 is 10.6 Å². The Hall–Kier alpha value is -3.21. The van der Waals surface area contributed by atoms with Crippen LogP contribution in [0.25, 0.3) is 0 Å². The van der Waals surface area contributed by atoms with E-state index >= 15 is 0 Å². The molecule has 0 aliphatic heterocycles. The molecule has 0 saturated heterocycles. The lowest BCUT2D eigenvalue weighted by molar-refractivity contribution is 0.102. The summed E-state index contributed by atoms with van der Waals surface area (Å²) in [4.78, 5) is 12.0. The molecule has 24 heavy (non-hydrogen) atoms. The maximum atomic E-state index is 13.6. The van der Waals surface area contributed by atoms with Crippen LogP contribution in [0.4, 0.5) is 25.8 Å². The molecular weight excluding hydrogens is 310 g/mol. The van der Waals surface area contributed by atoms with Crippen molar-refractivity contribution in [1.82, 2.24) is 0 Å². The van der Waals surface area contributed by atoms with Crippen LogP contribution in [0.15, 0.2) is 72.8 Å². The molecule has 0 unspecified atom stereocenters. The van der Waals surface area contributed by atoms with Gasteiger partial charge in [-0.25, -0.2) is 8.78 Å². The second kappa shape index (κ2) is 6.91. The van der Waals surface area contributed by atoms with Gasteiger partial charge in [-0.2, -0.15) is 0 Å². The van der Waals surface area contributed by atoms with Gasteiger partial charge in [0.15, 0.2) is 0 Å². The summed E-state index contributed by atoms with van der Waals surface area (Å²) < 4.78 is 26.7. The van der Waals surface area contributed by atoms with Gasteiger partial charge in [-0.3, -0.25) is 4.79 Å². The van der Waals surface area contributed by atoms with Gasteiger partial charge >= 0.3 is 0 Å².